The van der Waals surface area contributed by atoms with E-state index in [1.54, 1.807) is 4.90 Å². The minimum absolute atomic E-state index is 0.211. The Kier molecular flexibility index (Phi) is 2.52. The van der Waals surface area contributed by atoms with Gasteiger partial charge in [0.15, 0.2) is 0 Å². The molecule has 3 rings (SSSR count). The molecule has 2 aliphatic heterocycles. The summed E-state index contributed by atoms with van der Waals surface area (Å²) in [4.78, 5) is 14.3. The van der Waals surface area contributed by atoms with Crippen molar-refractivity contribution in [1.82, 2.24) is 0 Å². The topological polar surface area (TPSA) is 29.5 Å². The van der Waals surface area contributed by atoms with Crippen LogP contribution in [0, 0.1) is 0 Å². The molecule has 90 valence electrons. The first-order valence-corrected chi connectivity index (χ1v) is 6.61. The Bertz CT molecular complexity index is 480. The monoisotopic (exact) mass is 295 g/mol. The maximum absolute atomic E-state index is 12.5. The molecule has 2 heterocycles. The Morgan fingerprint density at radius 3 is 2.76 bits per heavy atom. The fourth-order valence-electron chi connectivity index (χ4n) is 2.98. The van der Waals surface area contributed by atoms with Gasteiger partial charge >= 0.3 is 0 Å². The van der Waals surface area contributed by atoms with E-state index in [-0.39, 0.29) is 11.3 Å². The van der Waals surface area contributed by atoms with E-state index in [9.17, 15) is 4.79 Å². The van der Waals surface area contributed by atoms with Crippen molar-refractivity contribution in [3.8, 4) is 0 Å². The van der Waals surface area contributed by atoms with Crippen LogP contribution in [0.3, 0.4) is 0 Å². The molecule has 0 saturated carbocycles. The van der Waals surface area contributed by atoms with Crippen LogP contribution in [-0.2, 0) is 14.9 Å². The second kappa shape index (κ2) is 3.82. The van der Waals surface area contributed by atoms with E-state index in [2.05, 4.69) is 22.0 Å². The molecule has 2 aliphatic rings. The molecule has 3 nitrogen and oxygen atoms in total. The number of carbonyl (C=O) groups excluding carboxylic acids is 1. The first kappa shape index (κ1) is 11.2. The minimum atomic E-state index is -0.341. The summed E-state index contributed by atoms with van der Waals surface area (Å²) in [7, 11) is 1.86. The number of amides is 1. The number of halogens is 1. The van der Waals surface area contributed by atoms with Crippen molar-refractivity contribution in [2.75, 3.05) is 25.2 Å². The van der Waals surface area contributed by atoms with E-state index < -0.39 is 0 Å². The van der Waals surface area contributed by atoms with Crippen molar-refractivity contribution in [3.05, 3.63) is 28.2 Å². The van der Waals surface area contributed by atoms with E-state index in [0.29, 0.717) is 13.2 Å². The molecular weight excluding hydrogens is 282 g/mol. The highest BCUT2D eigenvalue weighted by atomic mass is 79.9. The number of likely N-dealkylation sites (N-methyl/N-ethyl adjacent to an activating group) is 1. The third-order valence-electron chi connectivity index (χ3n) is 3.90. The van der Waals surface area contributed by atoms with Crippen molar-refractivity contribution in [3.63, 3.8) is 0 Å². The molecule has 0 aliphatic carbocycles. The lowest BCUT2D eigenvalue weighted by Crippen LogP contribution is -2.42. The van der Waals surface area contributed by atoms with Gasteiger partial charge in [-0.05, 0) is 40.4 Å². The number of rotatable bonds is 0. The normalized spacial score (nSPS) is 22.0. The van der Waals surface area contributed by atoms with Gasteiger partial charge in [-0.3, -0.25) is 4.79 Å². The molecule has 17 heavy (non-hydrogen) atoms. The third-order valence-corrected chi connectivity index (χ3v) is 4.54. The van der Waals surface area contributed by atoms with Gasteiger partial charge in [0.1, 0.15) is 0 Å². The maximum atomic E-state index is 12.5. The lowest BCUT2D eigenvalue weighted by atomic mass is 9.75. The fraction of sp³-hybridized carbons (Fsp3) is 0.462. The quantitative estimate of drug-likeness (QED) is 0.736. The highest BCUT2D eigenvalue weighted by Gasteiger charge is 2.50. The van der Waals surface area contributed by atoms with E-state index >= 15 is 0 Å². The van der Waals surface area contributed by atoms with Crippen LogP contribution < -0.4 is 4.90 Å². The van der Waals surface area contributed by atoms with Gasteiger partial charge in [0.2, 0.25) is 5.91 Å². The van der Waals surface area contributed by atoms with Crippen molar-refractivity contribution < 1.29 is 9.53 Å². The molecule has 0 bridgehead atoms. The molecule has 1 amide bonds. The van der Waals surface area contributed by atoms with Crippen molar-refractivity contribution in [1.29, 1.82) is 0 Å². The Hall–Kier alpha value is -0.870. The first-order valence-electron chi connectivity index (χ1n) is 5.82. The highest BCUT2D eigenvalue weighted by Crippen LogP contribution is 2.49. The van der Waals surface area contributed by atoms with Crippen LogP contribution in [0.4, 0.5) is 5.69 Å². The molecular formula is C13H14BrNO2. The molecule has 1 aromatic rings. The number of hydrogen-bond donors (Lipinski definition) is 0. The van der Waals surface area contributed by atoms with Gasteiger partial charge in [-0.2, -0.15) is 0 Å². The molecule has 1 aromatic carbocycles. The standard InChI is InChI=1S/C13H14BrNO2/c1-15-11-9(3-2-4-10(11)14)13(12(15)16)5-7-17-8-6-13/h2-4H,5-8H2,1H3. The second-order valence-corrected chi connectivity index (χ2v) is 5.55. The number of ether oxygens (including phenoxy) is 1. The predicted octanol–water partition coefficient (Wildman–Crippen LogP) is 2.47. The number of nitrogens with zero attached hydrogens (tertiary/aromatic N) is 1. The van der Waals surface area contributed by atoms with Crippen LogP contribution in [0.5, 0.6) is 0 Å². The summed E-state index contributed by atoms with van der Waals surface area (Å²) in [5.41, 5.74) is 1.84. The number of anilines is 1. The van der Waals surface area contributed by atoms with Crippen LogP contribution in [0.1, 0.15) is 18.4 Å². The van der Waals surface area contributed by atoms with Crippen molar-refractivity contribution >= 4 is 27.5 Å². The number of hydrogen-bond acceptors (Lipinski definition) is 2. The molecule has 1 saturated heterocycles. The Balaban J connectivity index is 2.20. The van der Waals surface area contributed by atoms with Gasteiger partial charge < -0.3 is 9.64 Å². The van der Waals surface area contributed by atoms with Gasteiger partial charge in [0, 0.05) is 24.7 Å². The summed E-state index contributed by atoms with van der Waals surface area (Å²) in [6.07, 6.45) is 1.58. The number of fused-ring (bicyclic) bond motifs is 2. The molecule has 0 aromatic heterocycles. The number of para-hydroxylation sites is 1. The Morgan fingerprint density at radius 1 is 1.35 bits per heavy atom. The van der Waals surface area contributed by atoms with E-state index in [4.69, 9.17) is 4.74 Å². The summed E-state index contributed by atoms with van der Waals surface area (Å²) in [6.45, 7) is 1.34. The zero-order valence-corrected chi connectivity index (χ0v) is 11.3. The van der Waals surface area contributed by atoms with Crippen LogP contribution in [-0.4, -0.2) is 26.2 Å². The lowest BCUT2D eigenvalue weighted by Gasteiger charge is -2.32. The third kappa shape index (κ3) is 1.40. The summed E-state index contributed by atoms with van der Waals surface area (Å²) in [5, 5.41) is 0. The van der Waals surface area contributed by atoms with Crippen LogP contribution in [0.2, 0.25) is 0 Å². The lowest BCUT2D eigenvalue weighted by molar-refractivity contribution is -0.126. The average molecular weight is 296 g/mol. The van der Waals surface area contributed by atoms with Crippen LogP contribution in [0.15, 0.2) is 22.7 Å². The number of benzene rings is 1. The van der Waals surface area contributed by atoms with Crippen LogP contribution in [0.25, 0.3) is 0 Å². The van der Waals surface area contributed by atoms with Gasteiger partial charge in [-0.1, -0.05) is 12.1 Å². The summed E-state index contributed by atoms with van der Waals surface area (Å²) in [6, 6.07) is 6.07. The Labute approximate surface area is 109 Å². The predicted molar refractivity (Wildman–Crippen MR) is 69.3 cm³/mol. The molecule has 0 atom stereocenters. The number of carbonyl (C=O) groups is 1. The van der Waals surface area contributed by atoms with Gasteiger partial charge in [0.05, 0.1) is 11.1 Å². The van der Waals surface area contributed by atoms with E-state index in [1.165, 1.54) is 0 Å². The zero-order chi connectivity index (χ0) is 12.0. The summed E-state index contributed by atoms with van der Waals surface area (Å²) < 4.78 is 6.40. The van der Waals surface area contributed by atoms with Gasteiger partial charge in [-0.15, -0.1) is 0 Å². The molecule has 4 heteroatoms. The average Bonchev–Trinajstić information content (AvgIpc) is 2.55. The zero-order valence-electron chi connectivity index (χ0n) is 9.70. The Morgan fingerprint density at radius 2 is 2.06 bits per heavy atom. The first-order chi connectivity index (χ1) is 8.17. The molecule has 1 spiro atoms. The molecule has 1 fully saturated rings. The largest absolute Gasteiger partial charge is 0.381 e. The smallest absolute Gasteiger partial charge is 0.237 e. The summed E-state index contributed by atoms with van der Waals surface area (Å²) >= 11 is 3.54. The van der Waals surface area contributed by atoms with Gasteiger partial charge in [0.25, 0.3) is 0 Å². The molecule has 0 radical (unpaired) electrons. The molecule has 0 N–H and O–H groups in total. The summed E-state index contributed by atoms with van der Waals surface area (Å²) in [5.74, 6) is 0.211. The maximum Gasteiger partial charge on any atom is 0.237 e. The minimum Gasteiger partial charge on any atom is -0.381 e. The van der Waals surface area contributed by atoms with Crippen LogP contribution >= 0.6 is 15.9 Å². The SMILES string of the molecule is CN1C(=O)C2(CCOCC2)c2cccc(Br)c21. The van der Waals surface area contributed by atoms with Crippen molar-refractivity contribution in [2.24, 2.45) is 0 Å². The van der Waals surface area contributed by atoms with E-state index in [0.717, 1.165) is 28.6 Å². The highest BCUT2D eigenvalue weighted by molar-refractivity contribution is 9.10. The van der Waals surface area contributed by atoms with Gasteiger partial charge in [-0.25, -0.2) is 0 Å². The van der Waals surface area contributed by atoms with Crippen molar-refractivity contribution in [2.45, 2.75) is 18.3 Å². The second-order valence-electron chi connectivity index (χ2n) is 4.69. The fourth-order valence-corrected chi connectivity index (χ4v) is 3.62. The van der Waals surface area contributed by atoms with E-state index in [1.807, 2.05) is 19.2 Å². The molecule has 0 unspecified atom stereocenters.